The van der Waals surface area contributed by atoms with Gasteiger partial charge in [-0.1, -0.05) is 97.4 Å². The molecule has 1 saturated carbocycles. The Morgan fingerprint density at radius 2 is 1.49 bits per heavy atom. The molecule has 0 radical (unpaired) electrons. The first-order valence-electron chi connectivity index (χ1n) is 28.4. The van der Waals surface area contributed by atoms with E-state index in [0.29, 0.717) is 95.7 Å². The maximum absolute atomic E-state index is 15.8. The second kappa shape index (κ2) is 25.0. The zero-order valence-corrected chi connectivity index (χ0v) is 51.2. The van der Waals surface area contributed by atoms with E-state index in [4.69, 9.17) is 47.1 Å². The Bertz CT molecular complexity index is 3300. The highest BCUT2D eigenvalue weighted by Gasteiger charge is 2.60. The Morgan fingerprint density at radius 3 is 2.15 bits per heavy atom. The molecule has 6 aromatic rings. The number of anilines is 1. The van der Waals surface area contributed by atoms with E-state index in [2.05, 4.69) is 68.0 Å². The molecular formula is C64H73Cl2N7O7S2. The number of amides is 4. The molecule has 0 spiro atoms. The van der Waals surface area contributed by atoms with Gasteiger partial charge in [-0.25, -0.2) is 9.78 Å². The molecule has 5 aromatic carbocycles. The monoisotopic (exact) mass is 1190 g/mol. The van der Waals surface area contributed by atoms with Crippen LogP contribution in [0.25, 0.3) is 0 Å². The first-order chi connectivity index (χ1) is 39.4. The fourth-order valence-corrected chi connectivity index (χ4v) is 13.9. The van der Waals surface area contributed by atoms with Crippen molar-refractivity contribution in [2.75, 3.05) is 71.5 Å². The van der Waals surface area contributed by atoms with Crippen LogP contribution in [0.2, 0.25) is 10.0 Å². The van der Waals surface area contributed by atoms with Crippen LogP contribution in [0.15, 0.2) is 123 Å². The molecule has 2 saturated heterocycles. The third kappa shape index (κ3) is 12.4. The van der Waals surface area contributed by atoms with Crippen molar-refractivity contribution in [3.8, 4) is 17.2 Å². The van der Waals surface area contributed by atoms with E-state index < -0.39 is 11.1 Å². The number of nitrogens with one attached hydrogen (secondary N) is 1. The minimum atomic E-state index is -1.02. The molecule has 14 nitrogen and oxygen atoms in total. The lowest BCUT2D eigenvalue weighted by atomic mass is 9.71. The number of carbonyl (C=O) groups excluding carboxylic acids is 3. The first-order valence-corrected chi connectivity index (χ1v) is 30.8. The number of carbonyl (C=O) groups is 3. The normalized spacial score (nSPS) is 21.6. The van der Waals surface area contributed by atoms with E-state index in [1.54, 1.807) is 30.3 Å². The predicted octanol–water partition coefficient (Wildman–Crippen LogP) is 13.7. The molecule has 1 aliphatic carbocycles. The topological polar surface area (TPSA) is 138 Å². The van der Waals surface area contributed by atoms with Crippen molar-refractivity contribution < 1.29 is 33.3 Å². The summed E-state index contributed by atoms with van der Waals surface area (Å²) in [5.41, 5.74) is 3.54. The molecule has 432 valence electrons. The molecule has 18 heteroatoms. The lowest BCUT2D eigenvalue weighted by molar-refractivity contribution is 0.0300. The highest BCUT2D eigenvalue weighted by Crippen LogP contribution is 2.54. The van der Waals surface area contributed by atoms with Gasteiger partial charge in [0, 0.05) is 65.8 Å². The molecule has 10 rings (SSSR count). The summed E-state index contributed by atoms with van der Waals surface area (Å²) in [6.07, 6.45) is 6.62. The third-order valence-corrected chi connectivity index (χ3v) is 19.4. The number of urea groups is 1. The maximum atomic E-state index is 15.8. The molecule has 1 N–H and O–H groups in total. The molecule has 0 bridgehead atoms. The number of rotatable bonds is 14. The molecule has 1 aromatic heterocycles. The number of aryl methyl sites for hydroxylation is 1. The number of benzene rings is 5. The van der Waals surface area contributed by atoms with Gasteiger partial charge in [0.2, 0.25) is 0 Å². The molecule has 82 heavy (non-hydrogen) atoms. The van der Waals surface area contributed by atoms with Gasteiger partial charge in [-0.2, -0.15) is 0 Å². The number of morpholine rings is 1. The van der Waals surface area contributed by atoms with Crippen molar-refractivity contribution in [3.05, 3.63) is 158 Å². The molecule has 3 fully saturated rings. The van der Waals surface area contributed by atoms with Crippen LogP contribution in [-0.4, -0.2) is 127 Å². The Morgan fingerprint density at radius 1 is 0.805 bits per heavy atom. The number of aromatic nitrogens is 1. The van der Waals surface area contributed by atoms with E-state index in [-0.39, 0.29) is 29.4 Å². The molecule has 1 unspecified atom stereocenters. The van der Waals surface area contributed by atoms with Crippen LogP contribution in [0, 0.1) is 6.92 Å². The fraction of sp³-hybridized carbons (Fsp3) is 0.422. The fourth-order valence-electron chi connectivity index (χ4n) is 11.7. The zero-order chi connectivity index (χ0) is 57.9. The van der Waals surface area contributed by atoms with Gasteiger partial charge in [0.25, 0.3) is 11.8 Å². The minimum absolute atomic E-state index is 0.0362. The smallest absolute Gasteiger partial charge is 0.326 e. The van der Waals surface area contributed by atoms with Crippen molar-refractivity contribution >= 4 is 75.1 Å². The number of hydrogen-bond acceptors (Lipinski definition) is 12. The minimum Gasteiger partial charge on any atom is -0.496 e. The number of piperazine rings is 1. The van der Waals surface area contributed by atoms with Crippen molar-refractivity contribution in [1.29, 1.82) is 0 Å². The summed E-state index contributed by atoms with van der Waals surface area (Å²) in [6, 6.07) is 33.2. The summed E-state index contributed by atoms with van der Waals surface area (Å²) in [6.45, 7) is 19.9. The quantitative estimate of drug-likeness (QED) is 0.105. The lowest BCUT2D eigenvalue weighted by Gasteiger charge is -2.48. The van der Waals surface area contributed by atoms with Crippen LogP contribution in [0.5, 0.6) is 17.2 Å². The van der Waals surface area contributed by atoms with Crippen LogP contribution in [0.3, 0.4) is 0 Å². The van der Waals surface area contributed by atoms with Crippen LogP contribution in [-0.2, 0) is 21.2 Å². The molecule has 3 aliphatic heterocycles. The number of nitrogens with zero attached hydrogens (tertiary/aromatic N) is 6. The summed E-state index contributed by atoms with van der Waals surface area (Å²) in [4.78, 5) is 62.0. The van der Waals surface area contributed by atoms with Crippen molar-refractivity contribution in [3.63, 3.8) is 0 Å². The summed E-state index contributed by atoms with van der Waals surface area (Å²) in [5, 5.41) is 4.66. The Labute approximate surface area is 500 Å². The summed E-state index contributed by atoms with van der Waals surface area (Å²) < 4.78 is 24.9. The van der Waals surface area contributed by atoms with Crippen LogP contribution >= 0.6 is 46.3 Å². The van der Waals surface area contributed by atoms with Gasteiger partial charge in [-0.3, -0.25) is 29.7 Å². The van der Waals surface area contributed by atoms with Gasteiger partial charge < -0.3 is 28.7 Å². The van der Waals surface area contributed by atoms with Gasteiger partial charge in [0.05, 0.1) is 54.6 Å². The van der Waals surface area contributed by atoms with Gasteiger partial charge >= 0.3 is 6.03 Å². The first kappa shape index (κ1) is 59.0. The zero-order valence-electron chi connectivity index (χ0n) is 48.1. The summed E-state index contributed by atoms with van der Waals surface area (Å²) >= 11 is 15.9. The average molecular weight is 1190 g/mol. The molecule has 4 aliphatic rings. The second-order valence-electron chi connectivity index (χ2n) is 22.8. The van der Waals surface area contributed by atoms with Crippen molar-refractivity contribution in [2.45, 2.75) is 118 Å². The van der Waals surface area contributed by atoms with Crippen LogP contribution in [0.1, 0.15) is 122 Å². The predicted molar refractivity (Wildman–Crippen MR) is 327 cm³/mol. The standard InChI is InChI=1S/C64H73Cl2N7O7S2/c1-9-79-54-38-45(62(3,4)5)19-28-51(54)57-69-63(6,43-15-20-46(65)21-16-43)64(7,44-17-22-47(66)23-18-44)73(57)61(76)72-31-29-70(30-32-72)48-11-10-12-49(27-24-48)80-50-25-13-42(14-26-50)58(74)68-60-67-40-56(82-60)81-55-39-52(53(77-8)37-41(55)2)59(75)71-33-35-78-36-34-71/h13-23,25-26,28,37-40,48-49H,9-12,24,27,29-36H2,1-8H3,(H,67,68,74)/t48?,49-,63+,64-/m1/s1. The van der Waals surface area contributed by atoms with Gasteiger partial charge in [-0.05, 0) is 160 Å². The van der Waals surface area contributed by atoms with Crippen LogP contribution < -0.4 is 19.5 Å². The highest BCUT2D eigenvalue weighted by molar-refractivity contribution is 8.01. The van der Waals surface area contributed by atoms with Gasteiger partial charge in [-0.15, -0.1) is 0 Å². The maximum Gasteiger partial charge on any atom is 0.326 e. The number of aliphatic imine (C=N–C) groups is 1. The van der Waals surface area contributed by atoms with Crippen LogP contribution in [0.4, 0.5) is 9.93 Å². The van der Waals surface area contributed by atoms with E-state index in [1.165, 1.54) is 23.1 Å². The third-order valence-electron chi connectivity index (χ3n) is 16.7. The molecule has 4 atom stereocenters. The number of amidine groups is 1. The number of ether oxygens (including phenoxy) is 4. The summed E-state index contributed by atoms with van der Waals surface area (Å²) in [7, 11) is 1.57. The Kier molecular flexibility index (Phi) is 18.0. The van der Waals surface area contributed by atoms with E-state index in [9.17, 15) is 9.59 Å². The highest BCUT2D eigenvalue weighted by atomic mass is 35.5. The van der Waals surface area contributed by atoms with Crippen molar-refractivity contribution in [2.24, 2.45) is 4.99 Å². The Hall–Kier alpha value is -6.14. The molecular weight excluding hydrogens is 1110 g/mol. The summed E-state index contributed by atoms with van der Waals surface area (Å²) in [5.74, 6) is 2.14. The molecule has 4 amide bonds. The van der Waals surface area contributed by atoms with Gasteiger partial charge in [0.1, 0.15) is 34.2 Å². The average Bonchev–Trinajstić information content (AvgIpc) is 2.20. The van der Waals surface area contributed by atoms with E-state index in [1.807, 2.05) is 96.4 Å². The van der Waals surface area contributed by atoms with Crippen molar-refractivity contribution in [1.82, 2.24) is 24.6 Å². The number of hydrogen-bond donors (Lipinski definition) is 1. The number of thiazole rings is 1. The Balaban J connectivity index is 0.778. The van der Waals surface area contributed by atoms with Gasteiger partial charge in [0.15, 0.2) is 5.13 Å². The molecule has 4 heterocycles. The number of halogens is 2. The second-order valence-corrected chi connectivity index (χ2v) is 26.1. The SMILES string of the molecule is CCOc1cc(C(C)(C)C)ccc1C1=N[C@@](C)(c2ccc(Cl)cc2)[C@@](C)(c2ccc(Cl)cc2)N1C(=O)N1CCN(C2CCC[C@@H](Oc3ccc(C(=O)Nc4ncc(Sc5cc(C(=O)N6CCOCC6)c(OC)cc5C)s4)cc3)CC2)CC1. The van der Waals surface area contributed by atoms with E-state index >= 15 is 4.79 Å². The lowest BCUT2D eigenvalue weighted by Crippen LogP contribution is -2.61. The largest absolute Gasteiger partial charge is 0.496 e. The van der Waals surface area contributed by atoms with E-state index in [0.717, 1.165) is 87.9 Å². The number of methoxy groups -OCH3 is 1.